The van der Waals surface area contributed by atoms with Crippen LogP contribution in [0, 0.1) is 0 Å². The van der Waals surface area contributed by atoms with Crippen LogP contribution in [0.2, 0.25) is 0 Å². The van der Waals surface area contributed by atoms with Crippen molar-refractivity contribution >= 4 is 70.5 Å². The van der Waals surface area contributed by atoms with Crippen molar-refractivity contribution in [2.24, 2.45) is 0 Å². The van der Waals surface area contributed by atoms with Crippen molar-refractivity contribution in [2.75, 3.05) is 4.90 Å². The van der Waals surface area contributed by atoms with Crippen molar-refractivity contribution in [2.45, 2.75) is 24.7 Å². The topological polar surface area (TPSA) is 16.4 Å². The molecule has 0 fully saturated rings. The van der Waals surface area contributed by atoms with Crippen LogP contribution in [0.3, 0.4) is 0 Å². The number of thiophene rings is 1. The van der Waals surface area contributed by atoms with E-state index in [1.165, 1.54) is 81.4 Å². The highest BCUT2D eigenvalue weighted by atomic mass is 32.1. The quantitative estimate of drug-likeness (QED) is 0.165. The highest BCUT2D eigenvalue weighted by molar-refractivity contribution is 7.26. The third-order valence-corrected chi connectivity index (χ3v) is 16.2. The van der Waals surface area contributed by atoms with Crippen LogP contribution >= 0.6 is 11.3 Å². The lowest BCUT2D eigenvalue weighted by Crippen LogP contribution is -2.29. The third-order valence-electron chi connectivity index (χ3n) is 15.0. The number of nitrogens with zero attached hydrogens (tertiary/aromatic N) is 1. The van der Waals surface area contributed by atoms with Gasteiger partial charge in [0.2, 0.25) is 0 Å². The molecular weight excluding hydrogens is 831 g/mol. The summed E-state index contributed by atoms with van der Waals surface area (Å²) < 4.78 is 9.93. The van der Waals surface area contributed by atoms with Gasteiger partial charge in [0, 0.05) is 47.9 Å². The molecule has 0 N–H and O–H groups in total. The van der Waals surface area contributed by atoms with Gasteiger partial charge in [-0.2, -0.15) is 0 Å². The molecule has 2 aromatic heterocycles. The van der Waals surface area contributed by atoms with Crippen LogP contribution in [0.1, 0.15) is 47.2 Å². The van der Waals surface area contributed by atoms with Crippen molar-refractivity contribution in [3.8, 4) is 33.4 Å². The van der Waals surface area contributed by atoms with Crippen molar-refractivity contribution in [3.63, 3.8) is 0 Å². The molecule has 3 heteroatoms. The maximum Gasteiger partial charge on any atom is 0.142 e. The summed E-state index contributed by atoms with van der Waals surface area (Å²) in [7, 11) is 0. The third kappa shape index (κ3) is 5.32. The SMILES string of the molecule is CC1(C)c2ccccc2-c2ccc(N(c3ccc(-c4cccc5c4sc4ccccc45)cc3)c3ccc(C4(c5ccccc5)c5ccccc5-c5ccccc54)c4oc5ccccc5c34)cc21. The normalized spacial score (nSPS) is 14.1. The average molecular weight is 874 g/mol. The molecule has 0 atom stereocenters. The van der Waals surface area contributed by atoms with E-state index in [0.29, 0.717) is 0 Å². The average Bonchev–Trinajstić information content (AvgIpc) is 4.11. The van der Waals surface area contributed by atoms with Gasteiger partial charge >= 0.3 is 0 Å². The van der Waals surface area contributed by atoms with Crippen LogP contribution < -0.4 is 4.90 Å². The smallest absolute Gasteiger partial charge is 0.142 e. The van der Waals surface area contributed by atoms with Gasteiger partial charge in [0.25, 0.3) is 0 Å². The van der Waals surface area contributed by atoms with E-state index in [4.69, 9.17) is 4.42 Å². The highest BCUT2D eigenvalue weighted by Gasteiger charge is 2.48. The minimum atomic E-state index is -0.636. The zero-order valence-electron chi connectivity index (χ0n) is 37.1. The first-order valence-corrected chi connectivity index (χ1v) is 24.1. The molecule has 2 aliphatic carbocycles. The zero-order chi connectivity index (χ0) is 44.4. The summed E-state index contributed by atoms with van der Waals surface area (Å²) in [6, 6.07) is 83.0. The first-order chi connectivity index (χ1) is 33.0. The van der Waals surface area contributed by atoms with Gasteiger partial charge in [0.05, 0.1) is 16.5 Å². The Labute approximate surface area is 393 Å². The Bertz CT molecular complexity index is 3920. The van der Waals surface area contributed by atoms with Gasteiger partial charge in [-0.1, -0.05) is 196 Å². The summed E-state index contributed by atoms with van der Waals surface area (Å²) in [6.45, 7) is 4.73. The number of rotatable bonds is 6. The predicted molar refractivity (Wildman–Crippen MR) is 282 cm³/mol. The summed E-state index contributed by atoms with van der Waals surface area (Å²) in [5.74, 6) is 0. The van der Waals surface area contributed by atoms with Gasteiger partial charge in [0.1, 0.15) is 11.2 Å². The lowest BCUT2D eigenvalue weighted by atomic mass is 9.67. The molecule has 2 heterocycles. The van der Waals surface area contributed by atoms with E-state index in [9.17, 15) is 0 Å². The molecule has 0 saturated heterocycles. The molecule has 0 bridgehead atoms. The Morgan fingerprint density at radius 2 is 1.00 bits per heavy atom. The van der Waals surface area contributed by atoms with E-state index in [0.717, 1.165) is 44.6 Å². The molecule has 0 spiro atoms. The van der Waals surface area contributed by atoms with Gasteiger partial charge < -0.3 is 9.32 Å². The Balaban J connectivity index is 1.04. The van der Waals surface area contributed by atoms with Gasteiger partial charge in [-0.15, -0.1) is 11.3 Å². The molecule has 10 aromatic carbocycles. The van der Waals surface area contributed by atoms with Crippen LogP contribution in [-0.4, -0.2) is 0 Å². The number of hydrogen-bond donors (Lipinski definition) is 0. The number of furan rings is 1. The second-order valence-corrected chi connectivity index (χ2v) is 19.8. The molecule has 2 nitrogen and oxygen atoms in total. The fourth-order valence-electron chi connectivity index (χ4n) is 12.0. The number of anilines is 3. The Kier molecular flexibility index (Phi) is 8.15. The van der Waals surface area contributed by atoms with E-state index in [1.807, 2.05) is 11.3 Å². The Hall–Kier alpha value is -7.98. The van der Waals surface area contributed by atoms with E-state index in [2.05, 4.69) is 243 Å². The monoisotopic (exact) mass is 873 g/mol. The number of para-hydroxylation sites is 1. The van der Waals surface area contributed by atoms with E-state index in [-0.39, 0.29) is 5.41 Å². The molecular formula is C64H43NOS. The fourth-order valence-corrected chi connectivity index (χ4v) is 13.2. The first kappa shape index (κ1) is 38.3. The lowest BCUT2D eigenvalue weighted by molar-refractivity contribution is 0.648. The molecule has 0 saturated carbocycles. The maximum atomic E-state index is 7.30. The second-order valence-electron chi connectivity index (χ2n) is 18.7. The van der Waals surface area contributed by atoms with Crippen LogP contribution in [0.15, 0.2) is 229 Å². The van der Waals surface area contributed by atoms with Gasteiger partial charge in [0.15, 0.2) is 0 Å². The molecule has 2 aliphatic rings. The van der Waals surface area contributed by atoms with E-state index in [1.54, 1.807) is 0 Å². The van der Waals surface area contributed by atoms with Gasteiger partial charge in [-0.05, 0) is 104 Å². The van der Waals surface area contributed by atoms with Crippen LogP contribution in [-0.2, 0) is 10.8 Å². The van der Waals surface area contributed by atoms with Crippen molar-refractivity contribution in [1.82, 2.24) is 0 Å². The minimum absolute atomic E-state index is 0.173. The minimum Gasteiger partial charge on any atom is -0.456 e. The number of hydrogen-bond acceptors (Lipinski definition) is 3. The van der Waals surface area contributed by atoms with Crippen LogP contribution in [0.25, 0.3) is 75.5 Å². The van der Waals surface area contributed by atoms with E-state index < -0.39 is 5.41 Å². The molecule has 12 aromatic rings. The lowest BCUT2D eigenvalue weighted by Gasteiger charge is -2.35. The van der Waals surface area contributed by atoms with Crippen LogP contribution in [0.4, 0.5) is 17.1 Å². The predicted octanol–water partition coefficient (Wildman–Crippen LogP) is 17.8. The summed E-state index contributed by atoms with van der Waals surface area (Å²) >= 11 is 1.88. The van der Waals surface area contributed by atoms with Crippen molar-refractivity contribution in [3.05, 3.63) is 258 Å². The molecule has 67 heavy (non-hydrogen) atoms. The number of fused-ring (bicyclic) bond motifs is 12. The Morgan fingerprint density at radius 3 is 1.76 bits per heavy atom. The number of benzene rings is 10. The standard InChI is InChI=1S/C64H43NOS/c1-63(2)52-26-11-6-19-45(52)48-36-35-43(39-56(48)63)65(42-33-31-40(32-34-42)44-24-16-25-50-49-22-10-15-30-59(49)67-62(44)50)57-38-37-55(61-60(57)51-23-9-14-29-58(51)66-61)64(41-17-4-3-5-18-41)53-27-12-7-20-46(53)47-21-8-13-28-54(47)64/h3-39H,1-2H3. The summed E-state index contributed by atoms with van der Waals surface area (Å²) in [4.78, 5) is 2.48. The zero-order valence-corrected chi connectivity index (χ0v) is 37.9. The second kappa shape index (κ2) is 14.3. The Morgan fingerprint density at radius 1 is 0.418 bits per heavy atom. The molecule has 0 amide bonds. The molecule has 0 radical (unpaired) electrons. The fraction of sp³-hybridized carbons (Fsp3) is 0.0625. The molecule has 14 rings (SSSR count). The maximum absolute atomic E-state index is 7.30. The summed E-state index contributed by atoms with van der Waals surface area (Å²) in [5, 5.41) is 4.80. The highest BCUT2D eigenvalue weighted by Crippen LogP contribution is 2.59. The molecule has 0 unspecified atom stereocenters. The van der Waals surface area contributed by atoms with Crippen molar-refractivity contribution < 1.29 is 4.42 Å². The summed E-state index contributed by atoms with van der Waals surface area (Å²) in [6.07, 6.45) is 0. The van der Waals surface area contributed by atoms with Gasteiger partial charge in [-0.25, -0.2) is 0 Å². The van der Waals surface area contributed by atoms with Crippen LogP contribution in [0.5, 0.6) is 0 Å². The molecule has 0 aliphatic heterocycles. The first-order valence-electron chi connectivity index (χ1n) is 23.2. The molecule has 316 valence electrons. The van der Waals surface area contributed by atoms with E-state index >= 15 is 0 Å². The van der Waals surface area contributed by atoms with Crippen molar-refractivity contribution in [1.29, 1.82) is 0 Å². The largest absolute Gasteiger partial charge is 0.456 e. The van der Waals surface area contributed by atoms with Gasteiger partial charge in [-0.3, -0.25) is 0 Å². The summed E-state index contributed by atoms with van der Waals surface area (Å²) in [5.41, 5.74) is 19.3.